The summed E-state index contributed by atoms with van der Waals surface area (Å²) in [7, 11) is 1.42. The quantitative estimate of drug-likeness (QED) is 0.728. The van der Waals surface area contributed by atoms with E-state index >= 15 is 0 Å². The van der Waals surface area contributed by atoms with Gasteiger partial charge in [-0.15, -0.1) is 0 Å². The number of amides is 2. The molecule has 0 spiro atoms. The Morgan fingerprint density at radius 3 is 2.43 bits per heavy atom. The lowest BCUT2D eigenvalue weighted by atomic mass is 9.82. The third-order valence-electron chi connectivity index (χ3n) is 5.33. The Labute approximate surface area is 164 Å². The first-order valence-corrected chi connectivity index (χ1v) is 9.59. The highest BCUT2D eigenvalue weighted by Gasteiger charge is 2.30. The predicted octanol–water partition coefficient (Wildman–Crippen LogP) is 2.92. The monoisotopic (exact) mass is 386 g/mol. The van der Waals surface area contributed by atoms with E-state index < -0.39 is 6.09 Å². The molecular weight excluding hydrogens is 360 g/mol. The van der Waals surface area contributed by atoms with Gasteiger partial charge in [0.1, 0.15) is 13.2 Å². The normalized spacial score (nSPS) is 22.1. The second-order valence-electron chi connectivity index (χ2n) is 7.25. The van der Waals surface area contributed by atoms with Crippen LogP contribution in [0.5, 0.6) is 0 Å². The van der Waals surface area contributed by atoms with E-state index in [1.165, 1.54) is 12.0 Å². The summed E-state index contributed by atoms with van der Waals surface area (Å²) in [6.07, 6.45) is 6.06. The van der Waals surface area contributed by atoms with Crippen LogP contribution in [0.2, 0.25) is 0 Å². The van der Waals surface area contributed by atoms with Crippen molar-refractivity contribution in [2.45, 2.75) is 32.3 Å². The zero-order chi connectivity index (χ0) is 19.9. The van der Waals surface area contributed by atoms with Crippen molar-refractivity contribution >= 4 is 18.0 Å². The van der Waals surface area contributed by atoms with Gasteiger partial charge in [0.2, 0.25) is 5.91 Å². The van der Waals surface area contributed by atoms with E-state index in [4.69, 9.17) is 9.47 Å². The Hall–Kier alpha value is -2.83. The fourth-order valence-corrected chi connectivity index (χ4v) is 3.65. The molecule has 1 aliphatic heterocycles. The highest BCUT2D eigenvalue weighted by atomic mass is 16.6. The lowest BCUT2D eigenvalue weighted by molar-refractivity contribution is -0.147. The van der Waals surface area contributed by atoms with Crippen molar-refractivity contribution in [3.63, 3.8) is 0 Å². The first-order valence-electron chi connectivity index (χ1n) is 9.59. The topological polar surface area (TPSA) is 76.2 Å². The second-order valence-corrected chi connectivity index (χ2v) is 7.25. The molecule has 2 aliphatic rings. The van der Waals surface area contributed by atoms with Crippen LogP contribution in [0.3, 0.4) is 0 Å². The molecule has 0 N–H and O–H groups in total. The summed E-state index contributed by atoms with van der Waals surface area (Å²) in [5.74, 6) is 0.0566. The summed E-state index contributed by atoms with van der Waals surface area (Å²) in [5, 5.41) is 0. The second kappa shape index (κ2) is 9.39. The standard InChI is InChI=1S/C21H26N2O5/c1-27-20(25)18-9-7-16(8-10-18)13-22-11-12-23(14-19(22)24)21(26)28-15-17-5-3-2-4-6-17/h2-6,11-12,16,18H,7-10,13-15H2,1H3. The molecule has 1 saturated carbocycles. The number of nitrogens with zero attached hydrogens (tertiary/aromatic N) is 2. The maximum atomic E-state index is 12.4. The Morgan fingerprint density at radius 2 is 1.79 bits per heavy atom. The minimum atomic E-state index is -0.535. The van der Waals surface area contributed by atoms with Gasteiger partial charge in [-0.1, -0.05) is 30.3 Å². The van der Waals surface area contributed by atoms with Gasteiger partial charge in [0.05, 0.1) is 13.0 Å². The van der Waals surface area contributed by atoms with Crippen molar-refractivity contribution in [2.75, 3.05) is 20.2 Å². The Morgan fingerprint density at radius 1 is 1.07 bits per heavy atom. The number of hydrogen-bond acceptors (Lipinski definition) is 5. The van der Waals surface area contributed by atoms with Crippen molar-refractivity contribution in [2.24, 2.45) is 11.8 Å². The van der Waals surface area contributed by atoms with Gasteiger partial charge in [0, 0.05) is 18.9 Å². The molecule has 28 heavy (non-hydrogen) atoms. The minimum Gasteiger partial charge on any atom is -0.469 e. The summed E-state index contributed by atoms with van der Waals surface area (Å²) in [6.45, 7) is 0.753. The van der Waals surface area contributed by atoms with Gasteiger partial charge in [-0.05, 0) is 37.2 Å². The maximum Gasteiger partial charge on any atom is 0.414 e. The molecule has 0 aromatic heterocycles. The molecule has 1 aromatic carbocycles. The average molecular weight is 386 g/mol. The van der Waals surface area contributed by atoms with Crippen LogP contribution >= 0.6 is 0 Å². The van der Waals surface area contributed by atoms with Gasteiger partial charge in [0.15, 0.2) is 0 Å². The molecule has 2 amide bonds. The number of hydrogen-bond donors (Lipinski definition) is 0. The summed E-state index contributed by atoms with van der Waals surface area (Å²) in [5.41, 5.74) is 0.896. The van der Waals surface area contributed by atoms with Crippen LogP contribution in [-0.4, -0.2) is 48.0 Å². The van der Waals surface area contributed by atoms with Crippen molar-refractivity contribution in [3.8, 4) is 0 Å². The van der Waals surface area contributed by atoms with Crippen LogP contribution in [0.15, 0.2) is 42.7 Å². The number of ether oxygens (including phenoxy) is 2. The van der Waals surface area contributed by atoms with E-state index in [0.717, 1.165) is 31.2 Å². The minimum absolute atomic E-state index is 0.0243. The number of carbonyl (C=O) groups is 3. The number of benzene rings is 1. The van der Waals surface area contributed by atoms with Crippen molar-refractivity contribution in [1.82, 2.24) is 9.80 Å². The first kappa shape index (κ1) is 19.9. The van der Waals surface area contributed by atoms with Crippen LogP contribution in [0.1, 0.15) is 31.2 Å². The first-order chi connectivity index (χ1) is 13.6. The molecule has 0 bridgehead atoms. The van der Waals surface area contributed by atoms with Crippen molar-refractivity contribution < 1.29 is 23.9 Å². The van der Waals surface area contributed by atoms with Crippen molar-refractivity contribution in [3.05, 3.63) is 48.3 Å². The van der Waals surface area contributed by atoms with Gasteiger partial charge < -0.3 is 14.4 Å². The van der Waals surface area contributed by atoms with Gasteiger partial charge in [-0.25, -0.2) is 4.79 Å². The molecule has 7 nitrogen and oxygen atoms in total. The molecular formula is C21H26N2O5. The molecule has 1 fully saturated rings. The largest absolute Gasteiger partial charge is 0.469 e. The molecule has 0 unspecified atom stereocenters. The van der Waals surface area contributed by atoms with Crippen LogP contribution in [-0.2, 0) is 25.7 Å². The highest BCUT2D eigenvalue weighted by Crippen LogP contribution is 2.30. The summed E-state index contributed by atoms with van der Waals surface area (Å²) in [6, 6.07) is 9.41. The highest BCUT2D eigenvalue weighted by molar-refractivity contribution is 5.85. The zero-order valence-electron chi connectivity index (χ0n) is 16.1. The Kier molecular flexibility index (Phi) is 6.68. The number of esters is 1. The predicted molar refractivity (Wildman–Crippen MR) is 102 cm³/mol. The van der Waals surface area contributed by atoms with E-state index in [-0.39, 0.29) is 30.9 Å². The maximum absolute atomic E-state index is 12.4. The zero-order valence-corrected chi connectivity index (χ0v) is 16.1. The number of carbonyl (C=O) groups excluding carboxylic acids is 3. The van der Waals surface area contributed by atoms with Gasteiger partial charge >= 0.3 is 12.1 Å². The number of rotatable bonds is 5. The lowest BCUT2D eigenvalue weighted by Gasteiger charge is -2.33. The van der Waals surface area contributed by atoms with E-state index in [9.17, 15) is 14.4 Å². The molecule has 0 saturated heterocycles. The Bertz CT molecular complexity index is 726. The molecule has 1 aromatic rings. The van der Waals surface area contributed by atoms with Gasteiger partial charge in [0.25, 0.3) is 0 Å². The molecule has 1 aliphatic carbocycles. The summed E-state index contributed by atoms with van der Waals surface area (Å²) < 4.78 is 10.1. The smallest absolute Gasteiger partial charge is 0.414 e. The summed E-state index contributed by atoms with van der Waals surface area (Å²) in [4.78, 5) is 39.2. The van der Waals surface area contributed by atoms with Gasteiger partial charge in [-0.2, -0.15) is 0 Å². The SMILES string of the molecule is COC(=O)C1CCC(CN2C=CN(C(=O)OCc3ccccc3)CC2=O)CC1. The molecule has 150 valence electrons. The van der Waals surface area contributed by atoms with Crippen LogP contribution in [0, 0.1) is 11.8 Å². The Balaban J connectivity index is 1.46. The molecule has 3 rings (SSSR count). The molecule has 1 heterocycles. The average Bonchev–Trinajstić information content (AvgIpc) is 2.74. The molecule has 0 radical (unpaired) electrons. The summed E-state index contributed by atoms with van der Waals surface area (Å²) >= 11 is 0. The molecule has 0 atom stereocenters. The van der Waals surface area contributed by atoms with E-state index in [2.05, 4.69) is 0 Å². The van der Waals surface area contributed by atoms with Gasteiger partial charge in [-0.3, -0.25) is 14.5 Å². The molecule has 7 heteroatoms. The third kappa shape index (κ3) is 5.12. The third-order valence-corrected chi connectivity index (χ3v) is 5.33. The van der Waals surface area contributed by atoms with Crippen molar-refractivity contribution in [1.29, 1.82) is 0 Å². The van der Waals surface area contributed by atoms with E-state index in [0.29, 0.717) is 12.5 Å². The number of methoxy groups -OCH3 is 1. The lowest BCUT2D eigenvalue weighted by Crippen LogP contribution is -2.44. The fourth-order valence-electron chi connectivity index (χ4n) is 3.65. The van der Waals surface area contributed by atoms with Crippen LogP contribution in [0.4, 0.5) is 4.79 Å². The van der Waals surface area contributed by atoms with E-state index in [1.807, 2.05) is 30.3 Å². The van der Waals surface area contributed by atoms with E-state index in [1.54, 1.807) is 17.3 Å². The van der Waals surface area contributed by atoms with Crippen LogP contribution in [0.25, 0.3) is 0 Å². The van der Waals surface area contributed by atoms with Crippen LogP contribution < -0.4 is 0 Å². The fraction of sp³-hybridized carbons (Fsp3) is 0.476.